The topological polar surface area (TPSA) is 68.4 Å². The number of hydrogen-bond acceptors (Lipinski definition) is 5. The lowest BCUT2D eigenvalue weighted by atomic mass is 9.89. The average Bonchev–Trinajstić information content (AvgIpc) is 2.97. The molecule has 1 fully saturated rings. The van der Waals surface area contributed by atoms with Crippen LogP contribution in [0.2, 0.25) is 0 Å². The van der Waals surface area contributed by atoms with E-state index >= 15 is 0 Å². The molecule has 106 valence electrons. The summed E-state index contributed by atoms with van der Waals surface area (Å²) in [6, 6.07) is 6.75. The molecule has 1 aliphatic rings. The molecule has 0 amide bonds. The minimum Gasteiger partial charge on any atom is -0.508 e. The van der Waals surface area contributed by atoms with Crippen LogP contribution in [-0.2, 0) is 4.74 Å². The Morgan fingerprint density at radius 2 is 1.75 bits per heavy atom. The summed E-state index contributed by atoms with van der Waals surface area (Å²) in [6.45, 7) is 6.25. The van der Waals surface area contributed by atoms with E-state index in [-0.39, 0.29) is 23.9 Å². The van der Waals surface area contributed by atoms with Gasteiger partial charge >= 0.3 is 0 Å². The fraction of sp³-hybridized carbons (Fsp3) is 0.467. The highest BCUT2D eigenvalue weighted by molar-refractivity contribution is 5.55. The van der Waals surface area contributed by atoms with E-state index < -0.39 is 0 Å². The summed E-state index contributed by atoms with van der Waals surface area (Å²) in [6.07, 6.45) is 0.271. The van der Waals surface area contributed by atoms with Gasteiger partial charge in [0.2, 0.25) is 11.7 Å². The maximum Gasteiger partial charge on any atom is 0.233 e. The van der Waals surface area contributed by atoms with Crippen molar-refractivity contribution in [2.45, 2.75) is 38.9 Å². The first kappa shape index (κ1) is 13.1. The van der Waals surface area contributed by atoms with E-state index in [4.69, 9.17) is 9.26 Å². The Labute approximate surface area is 117 Å². The molecular weight excluding hydrogens is 256 g/mol. The van der Waals surface area contributed by atoms with Gasteiger partial charge in [0.1, 0.15) is 5.75 Å². The molecule has 1 saturated heterocycles. The predicted molar refractivity (Wildman–Crippen MR) is 73.3 cm³/mol. The van der Waals surface area contributed by atoms with Crippen molar-refractivity contribution in [1.29, 1.82) is 0 Å². The summed E-state index contributed by atoms with van der Waals surface area (Å²) >= 11 is 0. The molecule has 5 heteroatoms. The van der Waals surface area contributed by atoms with Crippen molar-refractivity contribution in [3.63, 3.8) is 0 Å². The van der Waals surface area contributed by atoms with Gasteiger partial charge < -0.3 is 14.4 Å². The smallest absolute Gasteiger partial charge is 0.233 e. The fourth-order valence-electron chi connectivity index (χ4n) is 2.79. The predicted octanol–water partition coefficient (Wildman–Crippen LogP) is 2.97. The second-order valence-electron chi connectivity index (χ2n) is 5.43. The molecule has 20 heavy (non-hydrogen) atoms. The Morgan fingerprint density at radius 1 is 1.05 bits per heavy atom. The first-order chi connectivity index (χ1) is 9.56. The summed E-state index contributed by atoms with van der Waals surface area (Å²) < 4.78 is 11.2. The van der Waals surface area contributed by atoms with Crippen molar-refractivity contribution in [2.24, 2.45) is 5.92 Å². The van der Waals surface area contributed by atoms with Crippen LogP contribution in [0.15, 0.2) is 28.8 Å². The van der Waals surface area contributed by atoms with Gasteiger partial charge in [-0.2, -0.15) is 4.98 Å². The van der Waals surface area contributed by atoms with Crippen LogP contribution in [0, 0.1) is 5.92 Å². The number of benzene rings is 1. The first-order valence-electron chi connectivity index (χ1n) is 6.84. The third-order valence-electron chi connectivity index (χ3n) is 4.09. The van der Waals surface area contributed by atoms with Gasteiger partial charge in [-0.25, -0.2) is 0 Å². The molecule has 1 aliphatic heterocycles. The summed E-state index contributed by atoms with van der Waals surface area (Å²) in [5.41, 5.74) is 0.824. The molecule has 4 unspecified atom stereocenters. The number of hydrogen-bond donors (Lipinski definition) is 1. The molecule has 4 atom stereocenters. The van der Waals surface area contributed by atoms with E-state index in [0.717, 1.165) is 5.56 Å². The van der Waals surface area contributed by atoms with E-state index in [9.17, 15) is 5.11 Å². The number of ether oxygens (including phenoxy) is 1. The largest absolute Gasteiger partial charge is 0.508 e. The van der Waals surface area contributed by atoms with Crippen molar-refractivity contribution in [3.8, 4) is 17.1 Å². The third kappa shape index (κ3) is 2.18. The standard InChI is InChI=1S/C15H18N2O3/c1-8-9(2)19-10(3)13(8)15-16-14(17-20-15)11-4-6-12(18)7-5-11/h4-10,13,18H,1-3H3. The molecule has 0 saturated carbocycles. The van der Waals surface area contributed by atoms with Gasteiger partial charge in [-0.3, -0.25) is 0 Å². The van der Waals surface area contributed by atoms with Gasteiger partial charge in [0.25, 0.3) is 0 Å². The molecule has 0 radical (unpaired) electrons. The van der Waals surface area contributed by atoms with Crippen LogP contribution in [0.1, 0.15) is 32.6 Å². The summed E-state index contributed by atoms with van der Waals surface area (Å²) in [5, 5.41) is 13.3. The highest BCUT2D eigenvalue weighted by atomic mass is 16.5. The van der Waals surface area contributed by atoms with Crippen molar-refractivity contribution >= 4 is 0 Å². The van der Waals surface area contributed by atoms with E-state index in [1.165, 1.54) is 0 Å². The normalized spacial score (nSPS) is 29.8. The van der Waals surface area contributed by atoms with E-state index in [1.54, 1.807) is 24.3 Å². The average molecular weight is 274 g/mol. The van der Waals surface area contributed by atoms with Crippen molar-refractivity contribution in [3.05, 3.63) is 30.2 Å². The van der Waals surface area contributed by atoms with E-state index in [1.807, 2.05) is 6.92 Å². The monoisotopic (exact) mass is 274 g/mol. The maximum absolute atomic E-state index is 9.30. The number of aromatic nitrogens is 2. The minimum absolute atomic E-state index is 0.0770. The van der Waals surface area contributed by atoms with Crippen LogP contribution in [0.5, 0.6) is 5.75 Å². The van der Waals surface area contributed by atoms with Crippen molar-refractivity contribution in [1.82, 2.24) is 10.1 Å². The van der Waals surface area contributed by atoms with Gasteiger partial charge in [-0.05, 0) is 44.0 Å². The summed E-state index contributed by atoms with van der Waals surface area (Å²) in [4.78, 5) is 4.49. The van der Waals surface area contributed by atoms with Crippen molar-refractivity contribution < 1.29 is 14.4 Å². The van der Waals surface area contributed by atoms with Gasteiger partial charge in [-0.1, -0.05) is 12.1 Å². The molecule has 0 spiro atoms. The van der Waals surface area contributed by atoms with E-state index in [0.29, 0.717) is 17.6 Å². The molecule has 2 aromatic rings. The molecule has 3 rings (SSSR count). The third-order valence-corrected chi connectivity index (χ3v) is 4.09. The number of phenols is 1. The Balaban J connectivity index is 1.89. The number of nitrogens with zero attached hydrogens (tertiary/aromatic N) is 2. The number of phenolic OH excluding ortho intramolecular Hbond substituents is 1. The molecule has 0 aliphatic carbocycles. The fourth-order valence-corrected chi connectivity index (χ4v) is 2.79. The maximum atomic E-state index is 9.30. The van der Waals surface area contributed by atoms with Crippen LogP contribution < -0.4 is 0 Å². The molecule has 2 heterocycles. The molecule has 1 N–H and O–H groups in total. The van der Waals surface area contributed by atoms with Crippen molar-refractivity contribution in [2.75, 3.05) is 0 Å². The molecule has 5 nitrogen and oxygen atoms in total. The van der Waals surface area contributed by atoms with Gasteiger partial charge in [-0.15, -0.1) is 0 Å². The first-order valence-corrected chi connectivity index (χ1v) is 6.84. The highest BCUT2D eigenvalue weighted by Gasteiger charge is 2.41. The van der Waals surface area contributed by atoms with Crippen LogP contribution in [0.4, 0.5) is 0 Å². The van der Waals surface area contributed by atoms with Gasteiger partial charge in [0, 0.05) is 5.56 Å². The second kappa shape index (κ2) is 4.90. The highest BCUT2D eigenvalue weighted by Crippen LogP contribution is 2.39. The Bertz CT molecular complexity index is 593. The number of rotatable bonds is 2. The minimum atomic E-state index is 0.0770. The van der Waals surface area contributed by atoms with Crippen LogP contribution in [-0.4, -0.2) is 27.5 Å². The Kier molecular flexibility index (Phi) is 3.22. The SMILES string of the molecule is CC1OC(C)C(c2nc(-c3ccc(O)cc3)no2)C1C. The van der Waals surface area contributed by atoms with Gasteiger partial charge in [0.15, 0.2) is 0 Å². The number of aromatic hydroxyl groups is 1. The molecule has 1 aromatic carbocycles. The lowest BCUT2D eigenvalue weighted by Gasteiger charge is -2.12. The summed E-state index contributed by atoms with van der Waals surface area (Å²) in [5.74, 6) is 1.86. The lowest BCUT2D eigenvalue weighted by Crippen LogP contribution is -2.15. The van der Waals surface area contributed by atoms with Crippen LogP contribution in [0.25, 0.3) is 11.4 Å². The second-order valence-corrected chi connectivity index (χ2v) is 5.43. The zero-order valence-electron chi connectivity index (χ0n) is 11.8. The van der Waals surface area contributed by atoms with Gasteiger partial charge in [0.05, 0.1) is 18.1 Å². The molecule has 0 bridgehead atoms. The Hall–Kier alpha value is -1.88. The quantitative estimate of drug-likeness (QED) is 0.911. The van der Waals surface area contributed by atoms with Crippen LogP contribution >= 0.6 is 0 Å². The van der Waals surface area contributed by atoms with E-state index in [2.05, 4.69) is 24.0 Å². The lowest BCUT2D eigenvalue weighted by molar-refractivity contribution is 0.0542. The molecular formula is C15H18N2O3. The summed E-state index contributed by atoms with van der Waals surface area (Å²) in [7, 11) is 0. The zero-order chi connectivity index (χ0) is 14.3. The zero-order valence-corrected chi connectivity index (χ0v) is 11.8. The van der Waals surface area contributed by atoms with Crippen LogP contribution in [0.3, 0.4) is 0 Å². The molecule has 1 aromatic heterocycles. The Morgan fingerprint density at radius 3 is 2.35 bits per heavy atom.